The zero-order chi connectivity index (χ0) is 10.7. The molecule has 0 bridgehead atoms. The van der Waals surface area contributed by atoms with Gasteiger partial charge in [0.15, 0.2) is 0 Å². The second kappa shape index (κ2) is 5.24. The Morgan fingerprint density at radius 3 is 3.07 bits per heavy atom. The Hall–Kier alpha value is -0.180. The van der Waals surface area contributed by atoms with Crippen LogP contribution in [0, 0.1) is 0 Å². The van der Waals surface area contributed by atoms with Crippen LogP contribution in [0.5, 0.6) is 0 Å². The van der Waals surface area contributed by atoms with Gasteiger partial charge in [0.2, 0.25) is 0 Å². The van der Waals surface area contributed by atoms with Gasteiger partial charge in [-0.3, -0.25) is 0 Å². The summed E-state index contributed by atoms with van der Waals surface area (Å²) in [5, 5.41) is 5.16. The van der Waals surface area contributed by atoms with E-state index in [0.717, 1.165) is 16.8 Å². The minimum atomic E-state index is 0.661. The third-order valence-electron chi connectivity index (χ3n) is 2.83. The normalized spacial score (nSPS) is 25.7. The molecular formula is C12H16ClNS. The Bertz CT molecular complexity index is 329. The molecule has 0 spiro atoms. The van der Waals surface area contributed by atoms with Crippen molar-refractivity contribution in [2.75, 3.05) is 5.75 Å². The lowest BCUT2D eigenvalue weighted by Crippen LogP contribution is -2.32. The molecule has 0 amide bonds. The highest BCUT2D eigenvalue weighted by Crippen LogP contribution is 2.26. The molecule has 1 heterocycles. The van der Waals surface area contributed by atoms with Crippen LogP contribution in [-0.2, 0) is 6.54 Å². The van der Waals surface area contributed by atoms with Crippen LogP contribution in [0.1, 0.15) is 18.9 Å². The molecule has 1 aliphatic heterocycles. The molecule has 1 aromatic carbocycles. The van der Waals surface area contributed by atoms with Crippen molar-refractivity contribution in [2.24, 2.45) is 0 Å². The molecule has 1 aliphatic rings. The van der Waals surface area contributed by atoms with Crippen molar-refractivity contribution in [1.29, 1.82) is 0 Å². The fraction of sp³-hybridized carbons (Fsp3) is 0.500. The van der Waals surface area contributed by atoms with E-state index in [9.17, 15) is 0 Å². The summed E-state index contributed by atoms with van der Waals surface area (Å²) in [4.78, 5) is 0. The summed E-state index contributed by atoms with van der Waals surface area (Å²) in [6, 6.07) is 8.73. The highest BCUT2D eigenvalue weighted by Gasteiger charge is 2.22. The number of hydrogen-bond acceptors (Lipinski definition) is 2. The van der Waals surface area contributed by atoms with E-state index in [1.165, 1.54) is 17.7 Å². The molecule has 0 aromatic heterocycles. The van der Waals surface area contributed by atoms with Crippen LogP contribution in [-0.4, -0.2) is 17.0 Å². The summed E-state index contributed by atoms with van der Waals surface area (Å²) in [7, 11) is 0. The molecule has 82 valence electrons. The van der Waals surface area contributed by atoms with E-state index in [1.54, 1.807) is 0 Å². The molecule has 0 aliphatic carbocycles. The number of thioether (sulfide) groups is 1. The number of nitrogens with one attached hydrogen (secondary N) is 1. The molecule has 2 rings (SSSR count). The van der Waals surface area contributed by atoms with Crippen LogP contribution in [0.3, 0.4) is 0 Å². The van der Waals surface area contributed by atoms with Gasteiger partial charge in [-0.25, -0.2) is 0 Å². The van der Waals surface area contributed by atoms with Crippen molar-refractivity contribution in [3.8, 4) is 0 Å². The lowest BCUT2D eigenvalue weighted by atomic mass is 10.1. The van der Waals surface area contributed by atoms with E-state index in [2.05, 4.69) is 30.1 Å². The molecule has 0 radical (unpaired) electrons. The molecule has 1 nitrogen and oxygen atoms in total. The molecule has 2 atom stereocenters. The first-order valence-electron chi connectivity index (χ1n) is 5.35. The van der Waals surface area contributed by atoms with Gasteiger partial charge < -0.3 is 5.32 Å². The topological polar surface area (TPSA) is 12.0 Å². The lowest BCUT2D eigenvalue weighted by Gasteiger charge is -2.16. The van der Waals surface area contributed by atoms with Crippen LogP contribution in [0.25, 0.3) is 0 Å². The van der Waals surface area contributed by atoms with Gasteiger partial charge in [-0.05, 0) is 29.9 Å². The Morgan fingerprint density at radius 1 is 1.53 bits per heavy atom. The van der Waals surface area contributed by atoms with Gasteiger partial charge in [-0.1, -0.05) is 30.7 Å². The number of benzene rings is 1. The summed E-state index contributed by atoms with van der Waals surface area (Å²) in [5.74, 6) is 1.29. The van der Waals surface area contributed by atoms with Gasteiger partial charge in [-0.2, -0.15) is 11.8 Å². The van der Waals surface area contributed by atoms with E-state index in [-0.39, 0.29) is 0 Å². The molecule has 3 heteroatoms. The molecule has 15 heavy (non-hydrogen) atoms. The highest BCUT2D eigenvalue weighted by molar-refractivity contribution is 8.00. The highest BCUT2D eigenvalue weighted by atomic mass is 35.5. The van der Waals surface area contributed by atoms with Crippen molar-refractivity contribution in [1.82, 2.24) is 5.32 Å². The van der Waals surface area contributed by atoms with Gasteiger partial charge in [-0.15, -0.1) is 0 Å². The fourth-order valence-corrected chi connectivity index (χ4v) is 3.33. The van der Waals surface area contributed by atoms with Crippen molar-refractivity contribution in [3.63, 3.8) is 0 Å². The van der Waals surface area contributed by atoms with Gasteiger partial charge in [0.05, 0.1) is 0 Å². The van der Waals surface area contributed by atoms with Crippen molar-refractivity contribution in [2.45, 2.75) is 31.2 Å². The van der Waals surface area contributed by atoms with Crippen LogP contribution >= 0.6 is 23.4 Å². The van der Waals surface area contributed by atoms with Crippen LogP contribution in [0.15, 0.2) is 24.3 Å². The third kappa shape index (κ3) is 3.13. The zero-order valence-corrected chi connectivity index (χ0v) is 10.4. The van der Waals surface area contributed by atoms with Crippen molar-refractivity contribution < 1.29 is 0 Å². The van der Waals surface area contributed by atoms with Crippen LogP contribution in [0.4, 0.5) is 0 Å². The smallest absolute Gasteiger partial charge is 0.0409 e. The summed E-state index contributed by atoms with van der Waals surface area (Å²) >= 11 is 7.99. The van der Waals surface area contributed by atoms with Crippen molar-refractivity contribution in [3.05, 3.63) is 34.9 Å². The molecule has 1 saturated heterocycles. The second-order valence-electron chi connectivity index (χ2n) is 3.98. The monoisotopic (exact) mass is 241 g/mol. The van der Waals surface area contributed by atoms with E-state index in [1.807, 2.05) is 18.2 Å². The third-order valence-corrected chi connectivity index (χ3v) is 4.39. The predicted molar refractivity (Wildman–Crippen MR) is 68.6 cm³/mol. The van der Waals surface area contributed by atoms with Gasteiger partial charge in [0, 0.05) is 22.9 Å². The summed E-state index contributed by atoms with van der Waals surface area (Å²) in [5.41, 5.74) is 1.27. The Morgan fingerprint density at radius 2 is 2.40 bits per heavy atom. The predicted octanol–water partition coefficient (Wildman–Crippen LogP) is 3.32. The Labute approximate surface area is 101 Å². The molecule has 2 unspecified atom stereocenters. The van der Waals surface area contributed by atoms with Gasteiger partial charge in [0.1, 0.15) is 0 Å². The lowest BCUT2D eigenvalue weighted by molar-refractivity contribution is 0.513. The van der Waals surface area contributed by atoms with E-state index >= 15 is 0 Å². The maximum atomic E-state index is 5.94. The van der Waals surface area contributed by atoms with Crippen molar-refractivity contribution >= 4 is 23.4 Å². The molecular weight excluding hydrogens is 226 g/mol. The Kier molecular flexibility index (Phi) is 3.95. The maximum Gasteiger partial charge on any atom is 0.0409 e. The zero-order valence-electron chi connectivity index (χ0n) is 8.87. The van der Waals surface area contributed by atoms with Crippen LogP contribution in [0.2, 0.25) is 5.02 Å². The quantitative estimate of drug-likeness (QED) is 0.872. The van der Waals surface area contributed by atoms with E-state index in [0.29, 0.717) is 6.04 Å². The first kappa shape index (κ1) is 11.3. The first-order valence-corrected chi connectivity index (χ1v) is 6.78. The molecule has 1 N–H and O–H groups in total. The number of rotatable bonds is 3. The molecule has 1 aromatic rings. The average Bonchev–Trinajstić information content (AvgIpc) is 2.61. The van der Waals surface area contributed by atoms with E-state index < -0.39 is 0 Å². The standard InChI is InChI=1S/C12H16ClNS/c1-9-12(5-6-15-9)14-8-10-3-2-4-11(13)7-10/h2-4,7,9,12,14H,5-6,8H2,1H3. The maximum absolute atomic E-state index is 5.94. The van der Waals surface area contributed by atoms with Crippen LogP contribution < -0.4 is 5.32 Å². The van der Waals surface area contributed by atoms with Gasteiger partial charge >= 0.3 is 0 Å². The second-order valence-corrected chi connectivity index (χ2v) is 5.90. The number of halogens is 1. The molecule has 1 fully saturated rings. The molecule has 0 saturated carbocycles. The number of hydrogen-bond donors (Lipinski definition) is 1. The minimum Gasteiger partial charge on any atom is -0.309 e. The Balaban J connectivity index is 1.87. The van der Waals surface area contributed by atoms with E-state index in [4.69, 9.17) is 11.6 Å². The van der Waals surface area contributed by atoms with Gasteiger partial charge in [0.25, 0.3) is 0 Å². The first-order chi connectivity index (χ1) is 7.25. The average molecular weight is 242 g/mol. The fourth-order valence-electron chi connectivity index (χ4n) is 1.90. The summed E-state index contributed by atoms with van der Waals surface area (Å²) in [6.45, 7) is 3.23. The largest absolute Gasteiger partial charge is 0.309 e. The minimum absolute atomic E-state index is 0.661. The summed E-state index contributed by atoms with van der Waals surface area (Å²) in [6.07, 6.45) is 1.28. The summed E-state index contributed by atoms with van der Waals surface area (Å²) < 4.78 is 0. The SMILES string of the molecule is CC1SCCC1NCc1cccc(Cl)c1.